The summed E-state index contributed by atoms with van der Waals surface area (Å²) in [5.41, 5.74) is 0. The molecule has 0 radical (unpaired) electrons. The van der Waals surface area contributed by atoms with Crippen molar-refractivity contribution in [3.8, 4) is 0 Å². The maximum absolute atomic E-state index is 9.25. The molecule has 0 aromatic heterocycles. The molecule has 0 unspecified atom stereocenters. The first-order valence-electron chi connectivity index (χ1n) is 5.91. The molecule has 14 heavy (non-hydrogen) atoms. The van der Waals surface area contributed by atoms with Crippen molar-refractivity contribution in [2.24, 2.45) is 0 Å². The fourth-order valence-electron chi connectivity index (χ4n) is 1.41. The summed E-state index contributed by atoms with van der Waals surface area (Å²) >= 11 is 0. The van der Waals surface area contributed by atoms with Gasteiger partial charge < -0.3 is 9.84 Å². The molecule has 2 nitrogen and oxygen atoms in total. The van der Waals surface area contributed by atoms with Crippen LogP contribution in [0.3, 0.4) is 0 Å². The Morgan fingerprint density at radius 1 is 1.07 bits per heavy atom. The third-order valence-electron chi connectivity index (χ3n) is 2.59. The van der Waals surface area contributed by atoms with Crippen LogP contribution >= 0.6 is 0 Å². The molecule has 86 valence electrons. The van der Waals surface area contributed by atoms with E-state index < -0.39 is 0 Å². The Morgan fingerprint density at radius 3 is 2.21 bits per heavy atom. The molecule has 0 saturated heterocycles. The van der Waals surface area contributed by atoms with E-state index in [9.17, 15) is 5.11 Å². The first-order valence-corrected chi connectivity index (χ1v) is 5.91. The number of ether oxygens (including phenoxy) is 1. The van der Waals surface area contributed by atoms with Crippen molar-refractivity contribution >= 4 is 0 Å². The van der Waals surface area contributed by atoms with Gasteiger partial charge in [-0.05, 0) is 27.2 Å². The Hall–Kier alpha value is -0.0800. The monoisotopic (exact) mass is 202 g/mol. The zero-order valence-corrected chi connectivity index (χ0v) is 10.1. The molecule has 0 aliphatic heterocycles. The van der Waals surface area contributed by atoms with Crippen LogP contribution in [0, 0.1) is 0 Å². The van der Waals surface area contributed by atoms with Crippen molar-refractivity contribution < 1.29 is 9.84 Å². The van der Waals surface area contributed by atoms with E-state index in [1.807, 2.05) is 6.92 Å². The SMILES string of the molecule is CCCCCC[C@H](C)O[C@H](C)[C@@H](C)O. The normalized spacial score (nSPS) is 17.8. The molecule has 0 saturated carbocycles. The first-order chi connectivity index (χ1) is 6.57. The third-order valence-corrected chi connectivity index (χ3v) is 2.59. The van der Waals surface area contributed by atoms with Crippen LogP contribution in [-0.2, 0) is 4.74 Å². The standard InChI is InChI=1S/C12H26O2/c1-5-6-7-8-9-10(2)14-12(4)11(3)13/h10-13H,5-9H2,1-4H3/t10-,11+,12+/m0/s1. The highest BCUT2D eigenvalue weighted by Gasteiger charge is 2.12. The van der Waals surface area contributed by atoms with E-state index in [0.717, 1.165) is 6.42 Å². The molecule has 0 rings (SSSR count). The van der Waals surface area contributed by atoms with Gasteiger partial charge in [-0.15, -0.1) is 0 Å². The Balaban J connectivity index is 3.40. The maximum atomic E-state index is 9.25. The first kappa shape index (κ1) is 13.9. The van der Waals surface area contributed by atoms with Crippen molar-refractivity contribution in [2.45, 2.75) is 78.1 Å². The maximum Gasteiger partial charge on any atom is 0.0806 e. The Labute approximate surface area is 88.7 Å². The Bertz CT molecular complexity index is 123. The van der Waals surface area contributed by atoms with Gasteiger partial charge in [-0.3, -0.25) is 0 Å². The average molecular weight is 202 g/mol. The smallest absolute Gasteiger partial charge is 0.0806 e. The summed E-state index contributed by atoms with van der Waals surface area (Å²) in [5.74, 6) is 0. The fourth-order valence-corrected chi connectivity index (χ4v) is 1.41. The van der Waals surface area contributed by atoms with Gasteiger partial charge in [0, 0.05) is 0 Å². The lowest BCUT2D eigenvalue weighted by atomic mass is 10.1. The van der Waals surface area contributed by atoms with Gasteiger partial charge in [0.15, 0.2) is 0 Å². The Kier molecular flexibility index (Phi) is 8.20. The van der Waals surface area contributed by atoms with Crippen molar-refractivity contribution in [3.05, 3.63) is 0 Å². The second-order valence-corrected chi connectivity index (χ2v) is 4.24. The van der Waals surface area contributed by atoms with Crippen molar-refractivity contribution in [2.75, 3.05) is 0 Å². The molecule has 0 amide bonds. The topological polar surface area (TPSA) is 29.5 Å². The summed E-state index contributed by atoms with van der Waals surface area (Å²) < 4.78 is 5.64. The highest BCUT2D eigenvalue weighted by Crippen LogP contribution is 2.10. The minimum atomic E-state index is -0.368. The number of unbranched alkanes of at least 4 members (excludes halogenated alkanes) is 3. The molecule has 0 aliphatic rings. The van der Waals surface area contributed by atoms with Gasteiger partial charge >= 0.3 is 0 Å². The lowest BCUT2D eigenvalue weighted by Gasteiger charge is -2.21. The number of aliphatic hydroxyl groups excluding tert-OH is 1. The highest BCUT2D eigenvalue weighted by atomic mass is 16.5. The minimum Gasteiger partial charge on any atom is -0.391 e. The van der Waals surface area contributed by atoms with E-state index in [0.29, 0.717) is 0 Å². The summed E-state index contributed by atoms with van der Waals surface area (Å²) in [6.45, 7) is 8.00. The zero-order chi connectivity index (χ0) is 11.0. The van der Waals surface area contributed by atoms with Crippen LogP contribution in [0.4, 0.5) is 0 Å². The van der Waals surface area contributed by atoms with E-state index in [1.54, 1.807) is 6.92 Å². The summed E-state index contributed by atoms with van der Waals surface area (Å²) in [4.78, 5) is 0. The second-order valence-electron chi connectivity index (χ2n) is 4.24. The van der Waals surface area contributed by atoms with Crippen LogP contribution < -0.4 is 0 Å². The molecule has 0 bridgehead atoms. The molecular formula is C12H26O2. The summed E-state index contributed by atoms with van der Waals surface area (Å²) in [6, 6.07) is 0. The van der Waals surface area contributed by atoms with Gasteiger partial charge in [0.2, 0.25) is 0 Å². The van der Waals surface area contributed by atoms with Crippen LogP contribution in [0.5, 0.6) is 0 Å². The zero-order valence-electron chi connectivity index (χ0n) is 10.1. The molecular weight excluding hydrogens is 176 g/mol. The van der Waals surface area contributed by atoms with Crippen LogP contribution in [0.1, 0.15) is 59.8 Å². The Morgan fingerprint density at radius 2 is 1.71 bits per heavy atom. The van der Waals surface area contributed by atoms with Gasteiger partial charge in [-0.25, -0.2) is 0 Å². The van der Waals surface area contributed by atoms with Gasteiger partial charge in [-0.1, -0.05) is 32.6 Å². The van der Waals surface area contributed by atoms with Crippen molar-refractivity contribution in [1.82, 2.24) is 0 Å². The molecule has 0 fully saturated rings. The summed E-state index contributed by atoms with van der Waals surface area (Å²) in [7, 11) is 0. The number of aliphatic hydroxyl groups is 1. The number of hydrogen-bond acceptors (Lipinski definition) is 2. The molecule has 0 aromatic rings. The predicted octanol–water partition coefficient (Wildman–Crippen LogP) is 3.13. The van der Waals surface area contributed by atoms with E-state index >= 15 is 0 Å². The fraction of sp³-hybridized carbons (Fsp3) is 1.00. The largest absolute Gasteiger partial charge is 0.391 e. The van der Waals surface area contributed by atoms with Crippen molar-refractivity contribution in [1.29, 1.82) is 0 Å². The molecule has 0 aliphatic carbocycles. The van der Waals surface area contributed by atoms with Crippen LogP contribution in [0.25, 0.3) is 0 Å². The summed E-state index contributed by atoms with van der Waals surface area (Å²) in [6.07, 6.45) is 6.10. The van der Waals surface area contributed by atoms with Crippen LogP contribution in [0.15, 0.2) is 0 Å². The highest BCUT2D eigenvalue weighted by molar-refractivity contribution is 4.60. The molecule has 0 aromatic carbocycles. The summed E-state index contributed by atoms with van der Waals surface area (Å²) in [5, 5.41) is 9.25. The second kappa shape index (κ2) is 8.25. The third kappa shape index (κ3) is 7.34. The molecule has 0 spiro atoms. The number of rotatable bonds is 8. The van der Waals surface area contributed by atoms with E-state index in [1.165, 1.54) is 25.7 Å². The quantitative estimate of drug-likeness (QED) is 0.613. The minimum absolute atomic E-state index is 0.0452. The van der Waals surface area contributed by atoms with Gasteiger partial charge in [0.25, 0.3) is 0 Å². The van der Waals surface area contributed by atoms with Crippen molar-refractivity contribution in [3.63, 3.8) is 0 Å². The van der Waals surface area contributed by atoms with Gasteiger partial charge in [0.1, 0.15) is 0 Å². The average Bonchev–Trinajstić information content (AvgIpc) is 2.12. The lowest BCUT2D eigenvalue weighted by molar-refractivity contribution is -0.0573. The van der Waals surface area contributed by atoms with Gasteiger partial charge in [-0.2, -0.15) is 0 Å². The molecule has 1 N–H and O–H groups in total. The lowest BCUT2D eigenvalue weighted by Crippen LogP contribution is -2.27. The predicted molar refractivity (Wildman–Crippen MR) is 60.4 cm³/mol. The molecule has 0 heterocycles. The van der Waals surface area contributed by atoms with E-state index in [2.05, 4.69) is 13.8 Å². The van der Waals surface area contributed by atoms with Crippen LogP contribution in [0.2, 0.25) is 0 Å². The van der Waals surface area contributed by atoms with E-state index in [-0.39, 0.29) is 18.3 Å². The van der Waals surface area contributed by atoms with Gasteiger partial charge in [0.05, 0.1) is 18.3 Å². The number of hydrogen-bond donors (Lipinski definition) is 1. The van der Waals surface area contributed by atoms with Crippen LogP contribution in [-0.4, -0.2) is 23.4 Å². The van der Waals surface area contributed by atoms with E-state index in [4.69, 9.17) is 4.74 Å². The molecule has 3 atom stereocenters. The molecule has 2 heteroatoms.